The van der Waals surface area contributed by atoms with Gasteiger partial charge in [0.25, 0.3) is 0 Å². The van der Waals surface area contributed by atoms with Crippen LogP contribution in [0.5, 0.6) is 5.75 Å². The van der Waals surface area contributed by atoms with Crippen LogP contribution in [0.3, 0.4) is 0 Å². The molecule has 0 saturated carbocycles. The molecule has 0 atom stereocenters. The fourth-order valence-corrected chi connectivity index (χ4v) is 1.61. The Morgan fingerprint density at radius 1 is 1.47 bits per heavy atom. The summed E-state index contributed by atoms with van der Waals surface area (Å²) in [4.78, 5) is 0. The van der Waals surface area contributed by atoms with Crippen LogP contribution in [0.4, 0.5) is 10.1 Å². The number of hydrogen-bond acceptors (Lipinski definition) is 2. The van der Waals surface area contributed by atoms with Gasteiger partial charge in [0.2, 0.25) is 0 Å². The first-order valence-corrected chi connectivity index (χ1v) is 5.23. The van der Waals surface area contributed by atoms with Crippen LogP contribution < -0.4 is 10.1 Å². The van der Waals surface area contributed by atoms with Crippen LogP contribution in [-0.4, -0.2) is 18.8 Å². The van der Waals surface area contributed by atoms with Crippen LogP contribution in [0, 0.1) is 0 Å². The minimum absolute atomic E-state index is 0.0891. The van der Waals surface area contributed by atoms with Crippen molar-refractivity contribution in [2.75, 3.05) is 18.5 Å². The highest BCUT2D eigenvalue weighted by atomic mass is 19.1. The van der Waals surface area contributed by atoms with Gasteiger partial charge in [-0.15, -0.1) is 0 Å². The molecule has 3 heteroatoms. The Labute approximate surface area is 89.4 Å². The topological polar surface area (TPSA) is 21.3 Å². The quantitative estimate of drug-likeness (QED) is 0.826. The second-order valence-corrected chi connectivity index (χ2v) is 4.50. The first-order chi connectivity index (χ1) is 7.04. The van der Waals surface area contributed by atoms with E-state index in [4.69, 9.17) is 4.74 Å². The van der Waals surface area contributed by atoms with Gasteiger partial charge in [0, 0.05) is 18.3 Å². The largest absolute Gasteiger partial charge is 0.490 e. The van der Waals surface area contributed by atoms with E-state index in [1.54, 1.807) is 0 Å². The summed E-state index contributed by atoms with van der Waals surface area (Å²) in [6.07, 6.45) is 1.06. The molecule has 82 valence electrons. The lowest BCUT2D eigenvalue weighted by Gasteiger charge is -2.15. The number of benzene rings is 1. The van der Waals surface area contributed by atoms with E-state index in [0.717, 1.165) is 24.4 Å². The maximum Gasteiger partial charge on any atom is 0.139 e. The van der Waals surface area contributed by atoms with Crippen molar-refractivity contribution >= 4 is 5.69 Å². The van der Waals surface area contributed by atoms with E-state index in [-0.39, 0.29) is 6.61 Å². The molecule has 0 amide bonds. The zero-order chi connectivity index (χ0) is 10.9. The molecule has 1 aromatic carbocycles. The minimum Gasteiger partial charge on any atom is -0.490 e. The van der Waals surface area contributed by atoms with Gasteiger partial charge in [0.15, 0.2) is 0 Å². The Hall–Kier alpha value is -1.25. The molecule has 1 aliphatic rings. The summed E-state index contributed by atoms with van der Waals surface area (Å²) in [6.45, 7) is 4.09. The van der Waals surface area contributed by atoms with Crippen molar-refractivity contribution in [3.05, 3.63) is 23.8 Å². The number of rotatable bonds is 3. The molecule has 2 rings (SSSR count). The van der Waals surface area contributed by atoms with Crippen molar-refractivity contribution in [1.82, 2.24) is 0 Å². The molecule has 0 spiro atoms. The van der Waals surface area contributed by atoms with E-state index < -0.39 is 5.67 Å². The molecular weight excluding hydrogens is 193 g/mol. The molecule has 0 saturated heterocycles. The first kappa shape index (κ1) is 10.3. The molecule has 1 heterocycles. The van der Waals surface area contributed by atoms with Crippen molar-refractivity contribution in [2.45, 2.75) is 25.9 Å². The van der Waals surface area contributed by atoms with Crippen molar-refractivity contribution in [3.8, 4) is 5.75 Å². The third-order valence-corrected chi connectivity index (χ3v) is 2.37. The van der Waals surface area contributed by atoms with Gasteiger partial charge in [-0.1, -0.05) is 6.07 Å². The molecule has 0 aromatic heterocycles. The Kier molecular flexibility index (Phi) is 2.55. The van der Waals surface area contributed by atoms with E-state index in [2.05, 4.69) is 5.32 Å². The van der Waals surface area contributed by atoms with Gasteiger partial charge in [-0.25, -0.2) is 4.39 Å². The standard InChI is InChI=1S/C12H16FNO/c1-12(2,13)8-15-10-4-3-9-5-6-14-11(9)7-10/h3-4,7,14H,5-6,8H2,1-2H3. The normalized spacial score (nSPS) is 14.6. The number of halogens is 1. The number of hydrogen-bond donors (Lipinski definition) is 1. The Morgan fingerprint density at radius 2 is 2.27 bits per heavy atom. The van der Waals surface area contributed by atoms with Gasteiger partial charge in [-0.3, -0.25) is 0 Å². The number of anilines is 1. The average molecular weight is 209 g/mol. The van der Waals surface area contributed by atoms with Crippen LogP contribution >= 0.6 is 0 Å². The third-order valence-electron chi connectivity index (χ3n) is 2.37. The van der Waals surface area contributed by atoms with Crippen molar-refractivity contribution in [2.24, 2.45) is 0 Å². The van der Waals surface area contributed by atoms with E-state index in [0.29, 0.717) is 0 Å². The summed E-state index contributed by atoms with van der Waals surface area (Å²) in [5, 5.41) is 3.26. The SMILES string of the molecule is CC(C)(F)COc1ccc2c(c1)NCC2. The number of fused-ring (bicyclic) bond motifs is 1. The fourth-order valence-electron chi connectivity index (χ4n) is 1.61. The van der Waals surface area contributed by atoms with Gasteiger partial charge in [0.1, 0.15) is 18.0 Å². The summed E-state index contributed by atoms with van der Waals surface area (Å²) < 4.78 is 18.6. The summed E-state index contributed by atoms with van der Waals surface area (Å²) in [6, 6.07) is 5.88. The fraction of sp³-hybridized carbons (Fsp3) is 0.500. The number of nitrogens with one attached hydrogen (secondary N) is 1. The smallest absolute Gasteiger partial charge is 0.139 e. The van der Waals surface area contributed by atoms with Crippen molar-refractivity contribution < 1.29 is 9.13 Å². The van der Waals surface area contributed by atoms with E-state index in [9.17, 15) is 4.39 Å². The highest BCUT2D eigenvalue weighted by Crippen LogP contribution is 2.27. The zero-order valence-electron chi connectivity index (χ0n) is 9.14. The predicted molar refractivity (Wildman–Crippen MR) is 59.3 cm³/mol. The van der Waals surface area contributed by atoms with E-state index in [1.807, 2.05) is 18.2 Å². The van der Waals surface area contributed by atoms with Gasteiger partial charge in [-0.05, 0) is 31.9 Å². The van der Waals surface area contributed by atoms with Crippen LogP contribution in [0.15, 0.2) is 18.2 Å². The Balaban J connectivity index is 2.04. The van der Waals surface area contributed by atoms with Crippen LogP contribution in [-0.2, 0) is 6.42 Å². The molecule has 0 fully saturated rings. The van der Waals surface area contributed by atoms with E-state index >= 15 is 0 Å². The maximum absolute atomic E-state index is 13.2. The number of alkyl halides is 1. The Bertz CT molecular complexity index is 357. The van der Waals surface area contributed by atoms with Crippen LogP contribution in [0.2, 0.25) is 0 Å². The van der Waals surface area contributed by atoms with Crippen LogP contribution in [0.25, 0.3) is 0 Å². The van der Waals surface area contributed by atoms with Gasteiger partial charge < -0.3 is 10.1 Å². The van der Waals surface area contributed by atoms with Gasteiger partial charge in [-0.2, -0.15) is 0 Å². The molecule has 0 bridgehead atoms. The lowest BCUT2D eigenvalue weighted by atomic mass is 10.1. The molecule has 2 nitrogen and oxygen atoms in total. The monoisotopic (exact) mass is 209 g/mol. The summed E-state index contributed by atoms with van der Waals surface area (Å²) >= 11 is 0. The summed E-state index contributed by atoms with van der Waals surface area (Å²) in [5.74, 6) is 0.730. The summed E-state index contributed by atoms with van der Waals surface area (Å²) in [5.41, 5.74) is 1.14. The highest BCUT2D eigenvalue weighted by molar-refractivity contribution is 5.58. The second-order valence-electron chi connectivity index (χ2n) is 4.50. The first-order valence-electron chi connectivity index (χ1n) is 5.23. The molecule has 1 aliphatic heterocycles. The predicted octanol–water partition coefficient (Wildman–Crippen LogP) is 2.78. The summed E-state index contributed by atoms with van der Waals surface area (Å²) in [7, 11) is 0. The maximum atomic E-state index is 13.2. The molecule has 1 aromatic rings. The van der Waals surface area contributed by atoms with Gasteiger partial charge >= 0.3 is 0 Å². The molecule has 0 unspecified atom stereocenters. The molecule has 15 heavy (non-hydrogen) atoms. The lowest BCUT2D eigenvalue weighted by molar-refractivity contribution is 0.121. The van der Waals surface area contributed by atoms with Crippen molar-refractivity contribution in [1.29, 1.82) is 0 Å². The molecular formula is C12H16FNO. The van der Waals surface area contributed by atoms with Crippen molar-refractivity contribution in [3.63, 3.8) is 0 Å². The second kappa shape index (κ2) is 3.72. The lowest BCUT2D eigenvalue weighted by Crippen LogP contribution is -2.22. The van der Waals surface area contributed by atoms with Crippen LogP contribution in [0.1, 0.15) is 19.4 Å². The molecule has 0 radical (unpaired) electrons. The number of ether oxygens (including phenoxy) is 1. The van der Waals surface area contributed by atoms with Gasteiger partial charge in [0.05, 0.1) is 0 Å². The molecule has 1 N–H and O–H groups in total. The Morgan fingerprint density at radius 3 is 3.00 bits per heavy atom. The molecule has 0 aliphatic carbocycles. The van der Waals surface area contributed by atoms with E-state index in [1.165, 1.54) is 19.4 Å². The highest BCUT2D eigenvalue weighted by Gasteiger charge is 2.17. The zero-order valence-corrected chi connectivity index (χ0v) is 9.14. The average Bonchev–Trinajstić information content (AvgIpc) is 2.60. The minimum atomic E-state index is -1.29. The third kappa shape index (κ3) is 2.61.